The molecule has 2 aliphatic heterocycles. The smallest absolute Gasteiger partial charge is 0.319 e. The van der Waals surface area contributed by atoms with Gasteiger partial charge in [0.1, 0.15) is 0 Å². The van der Waals surface area contributed by atoms with E-state index < -0.39 is 6.29 Å². The number of anilines is 1. The molecular weight excluding hydrogens is 594 g/mol. The Balaban J connectivity index is 1.20. The number of benzene rings is 4. The predicted octanol–water partition coefficient (Wildman–Crippen LogP) is 6.37. The normalized spacial score (nSPS) is 21.0. The number of fused-ring (bicyclic) bond motifs is 1. The number of hydrogen-bond acceptors (Lipinski definition) is 7. The van der Waals surface area contributed by atoms with Crippen LogP contribution in [0.2, 0.25) is 0 Å². The first-order chi connectivity index (χ1) is 22.9. The summed E-state index contributed by atoms with van der Waals surface area (Å²) >= 11 is 0. The van der Waals surface area contributed by atoms with Crippen LogP contribution in [0, 0.1) is 5.92 Å². The molecule has 0 aromatic heterocycles. The fraction of sp³-hybridized carbons (Fsp3) is 0.342. The van der Waals surface area contributed by atoms with E-state index in [2.05, 4.69) is 34.6 Å². The molecule has 246 valence electrons. The summed E-state index contributed by atoms with van der Waals surface area (Å²) in [7, 11) is 3.33. The molecule has 2 heterocycles. The van der Waals surface area contributed by atoms with Gasteiger partial charge in [-0.1, -0.05) is 73.7 Å². The summed E-state index contributed by atoms with van der Waals surface area (Å²) in [5, 5.41) is 15.5. The van der Waals surface area contributed by atoms with Gasteiger partial charge in [0, 0.05) is 43.3 Å². The minimum absolute atomic E-state index is 0.0124. The Morgan fingerprint density at radius 2 is 1.62 bits per heavy atom. The lowest BCUT2D eigenvalue weighted by Crippen LogP contribution is -2.45. The van der Waals surface area contributed by atoms with E-state index in [-0.39, 0.29) is 30.8 Å². The zero-order valence-electron chi connectivity index (χ0n) is 27.1. The van der Waals surface area contributed by atoms with Crippen molar-refractivity contribution in [2.75, 3.05) is 32.6 Å². The summed E-state index contributed by atoms with van der Waals surface area (Å²) in [6.45, 7) is 4.99. The Morgan fingerprint density at radius 1 is 0.872 bits per heavy atom. The third-order valence-electron chi connectivity index (χ3n) is 9.07. The van der Waals surface area contributed by atoms with Crippen molar-refractivity contribution in [2.24, 2.45) is 5.92 Å². The van der Waals surface area contributed by atoms with Crippen LogP contribution in [-0.2, 0) is 35.6 Å². The van der Waals surface area contributed by atoms with Crippen molar-refractivity contribution in [3.8, 4) is 11.5 Å². The summed E-state index contributed by atoms with van der Waals surface area (Å²) in [6, 6.07) is 29.2. The van der Waals surface area contributed by atoms with Gasteiger partial charge in [-0.2, -0.15) is 0 Å². The first-order valence-corrected chi connectivity index (χ1v) is 16.1. The van der Waals surface area contributed by atoms with Crippen LogP contribution in [0.15, 0.2) is 91.0 Å². The Morgan fingerprint density at radius 3 is 2.34 bits per heavy atom. The van der Waals surface area contributed by atoms with Gasteiger partial charge in [0.15, 0.2) is 17.8 Å². The Labute approximate surface area is 276 Å². The molecule has 3 N–H and O–H groups in total. The molecule has 9 heteroatoms. The molecular formula is C38H43N3O6. The number of methoxy groups -OCH3 is 2. The number of amides is 2. The largest absolute Gasteiger partial charge is 0.493 e. The van der Waals surface area contributed by atoms with Gasteiger partial charge in [0.25, 0.3) is 0 Å². The zero-order valence-corrected chi connectivity index (χ0v) is 27.1. The molecule has 4 aromatic rings. The number of nitrogens with zero attached hydrogens (tertiary/aromatic N) is 1. The lowest BCUT2D eigenvalue weighted by molar-refractivity contribution is -0.276. The van der Waals surface area contributed by atoms with E-state index in [9.17, 15) is 9.90 Å². The molecule has 4 atom stereocenters. The molecule has 2 aliphatic rings. The Bertz CT molecular complexity index is 1650. The third kappa shape index (κ3) is 7.77. The van der Waals surface area contributed by atoms with Crippen LogP contribution in [-0.4, -0.2) is 49.5 Å². The van der Waals surface area contributed by atoms with Crippen molar-refractivity contribution < 1.29 is 28.8 Å². The second-order valence-electron chi connectivity index (χ2n) is 12.2. The van der Waals surface area contributed by atoms with E-state index in [0.717, 1.165) is 59.8 Å². The standard InChI is InChI=1S/C38H43N3O6/c1-25-35(23-41-17-16-29-19-33(44-2)34(45-3)20-31(29)22-41)46-37(47-36(25)28-14-12-27(24-42)13-15-28)30-10-7-11-32(18-30)40-38(43)39-21-26-8-5-4-6-9-26/h4-15,18-20,25,35-37,42H,16-17,21-24H2,1-3H3,(H2,39,40,43)/t25-,35+,36+,37+/m1/s1. The second-order valence-corrected chi connectivity index (χ2v) is 12.2. The van der Waals surface area contributed by atoms with Crippen LogP contribution in [0.4, 0.5) is 10.5 Å². The number of ether oxygens (including phenoxy) is 4. The van der Waals surface area contributed by atoms with Crippen LogP contribution in [0.25, 0.3) is 0 Å². The molecule has 1 fully saturated rings. The Hall–Kier alpha value is -4.41. The molecule has 0 unspecified atom stereocenters. The van der Waals surface area contributed by atoms with Crippen molar-refractivity contribution in [1.82, 2.24) is 10.2 Å². The van der Waals surface area contributed by atoms with Gasteiger partial charge >= 0.3 is 6.03 Å². The van der Waals surface area contributed by atoms with E-state index >= 15 is 0 Å². The zero-order chi connectivity index (χ0) is 32.8. The number of carbonyl (C=O) groups excluding carboxylic acids is 1. The summed E-state index contributed by atoms with van der Waals surface area (Å²) < 4.78 is 24.5. The van der Waals surface area contributed by atoms with Crippen LogP contribution >= 0.6 is 0 Å². The number of aliphatic hydroxyl groups is 1. The fourth-order valence-corrected chi connectivity index (χ4v) is 6.40. The molecule has 0 aliphatic carbocycles. The number of rotatable bonds is 10. The van der Waals surface area contributed by atoms with Gasteiger partial charge in [-0.3, -0.25) is 4.90 Å². The third-order valence-corrected chi connectivity index (χ3v) is 9.07. The first-order valence-electron chi connectivity index (χ1n) is 16.1. The van der Waals surface area contributed by atoms with E-state index in [1.54, 1.807) is 14.2 Å². The molecule has 4 aromatic carbocycles. The molecule has 1 saturated heterocycles. The molecule has 0 radical (unpaired) electrons. The molecule has 9 nitrogen and oxygen atoms in total. The number of urea groups is 1. The lowest BCUT2D eigenvalue weighted by atomic mass is 9.89. The molecule has 47 heavy (non-hydrogen) atoms. The molecule has 0 saturated carbocycles. The quantitative estimate of drug-likeness (QED) is 0.186. The molecule has 6 rings (SSSR count). The van der Waals surface area contributed by atoms with Crippen molar-refractivity contribution in [3.63, 3.8) is 0 Å². The van der Waals surface area contributed by atoms with Crippen molar-refractivity contribution in [2.45, 2.75) is 51.5 Å². The summed E-state index contributed by atoms with van der Waals surface area (Å²) in [5.74, 6) is 1.53. The second kappa shape index (κ2) is 15.0. The number of hydrogen-bond donors (Lipinski definition) is 3. The van der Waals surface area contributed by atoms with E-state index in [4.69, 9.17) is 18.9 Å². The highest BCUT2D eigenvalue weighted by atomic mass is 16.7. The van der Waals surface area contributed by atoms with Crippen molar-refractivity contribution >= 4 is 11.7 Å². The number of carbonyl (C=O) groups is 1. The fourth-order valence-electron chi connectivity index (χ4n) is 6.40. The van der Waals surface area contributed by atoms with Gasteiger partial charge in [-0.15, -0.1) is 0 Å². The predicted molar refractivity (Wildman–Crippen MR) is 180 cm³/mol. The van der Waals surface area contributed by atoms with E-state index in [1.165, 1.54) is 11.1 Å². The van der Waals surface area contributed by atoms with E-state index in [0.29, 0.717) is 12.2 Å². The molecule has 2 amide bonds. The maximum atomic E-state index is 12.7. The van der Waals surface area contributed by atoms with Gasteiger partial charge in [-0.25, -0.2) is 4.79 Å². The molecule has 0 bridgehead atoms. The van der Waals surface area contributed by atoms with Crippen LogP contribution in [0.1, 0.15) is 52.7 Å². The van der Waals surface area contributed by atoms with E-state index in [1.807, 2.05) is 78.9 Å². The topological polar surface area (TPSA) is 102 Å². The Kier molecular flexibility index (Phi) is 10.4. The average molecular weight is 638 g/mol. The summed E-state index contributed by atoms with van der Waals surface area (Å²) in [4.78, 5) is 15.1. The minimum Gasteiger partial charge on any atom is -0.493 e. The highest BCUT2D eigenvalue weighted by Gasteiger charge is 2.39. The van der Waals surface area contributed by atoms with Crippen molar-refractivity contribution in [3.05, 3.63) is 124 Å². The van der Waals surface area contributed by atoms with Crippen LogP contribution in [0.5, 0.6) is 11.5 Å². The van der Waals surface area contributed by atoms with Crippen LogP contribution < -0.4 is 20.1 Å². The highest BCUT2D eigenvalue weighted by Crippen LogP contribution is 2.43. The minimum atomic E-state index is -0.644. The maximum Gasteiger partial charge on any atom is 0.319 e. The summed E-state index contributed by atoms with van der Waals surface area (Å²) in [6.07, 6.45) is -0.111. The van der Waals surface area contributed by atoms with Gasteiger partial charge in [-0.05, 0) is 58.5 Å². The lowest BCUT2D eigenvalue weighted by Gasteiger charge is -2.43. The number of nitrogens with one attached hydrogen (secondary N) is 2. The van der Waals surface area contributed by atoms with Gasteiger partial charge < -0.3 is 34.7 Å². The monoisotopic (exact) mass is 637 g/mol. The van der Waals surface area contributed by atoms with Gasteiger partial charge in [0.05, 0.1) is 33.0 Å². The first kappa shape index (κ1) is 32.5. The maximum absolute atomic E-state index is 12.7. The SMILES string of the molecule is COc1cc2c(cc1OC)CN(C[C@@H]1O[C@H](c3cccc(NC(=O)NCc4ccccc4)c3)O[C@H](c3ccc(CO)cc3)[C@@H]1C)CC2. The van der Waals surface area contributed by atoms with Gasteiger partial charge in [0.2, 0.25) is 0 Å². The molecule has 0 spiro atoms. The van der Waals surface area contributed by atoms with Crippen molar-refractivity contribution in [1.29, 1.82) is 0 Å². The summed E-state index contributed by atoms with van der Waals surface area (Å²) in [5.41, 5.74) is 6.88. The average Bonchev–Trinajstić information content (AvgIpc) is 3.11. The highest BCUT2D eigenvalue weighted by molar-refractivity contribution is 5.89. The van der Waals surface area contributed by atoms with Crippen LogP contribution in [0.3, 0.4) is 0 Å². The number of aliphatic hydroxyl groups excluding tert-OH is 1.